The van der Waals surface area contributed by atoms with Crippen molar-refractivity contribution in [2.45, 2.75) is 19.8 Å². The molecular weight excluding hydrogens is 251 g/mol. The standard InChI is InChI=1S/C13H17FN2O3/c1-8(7-15)2-5-12(17)16-9-3-4-11(14)10(6-9)13(18)19/h3-4,6,8H,2,5,7,15H2,1H3,(H,16,17)(H,18,19). The van der Waals surface area contributed by atoms with E-state index in [2.05, 4.69) is 5.32 Å². The molecule has 5 nitrogen and oxygen atoms in total. The Morgan fingerprint density at radius 2 is 2.16 bits per heavy atom. The number of benzene rings is 1. The first-order valence-corrected chi connectivity index (χ1v) is 5.96. The van der Waals surface area contributed by atoms with Gasteiger partial charge in [-0.15, -0.1) is 0 Å². The topological polar surface area (TPSA) is 92.4 Å². The van der Waals surface area contributed by atoms with Crippen molar-refractivity contribution in [3.05, 3.63) is 29.6 Å². The molecule has 0 saturated heterocycles. The van der Waals surface area contributed by atoms with Gasteiger partial charge in [0.25, 0.3) is 0 Å². The van der Waals surface area contributed by atoms with E-state index in [4.69, 9.17) is 10.8 Å². The van der Waals surface area contributed by atoms with Crippen LogP contribution in [0.4, 0.5) is 10.1 Å². The molecule has 0 aliphatic carbocycles. The molecule has 1 amide bonds. The summed E-state index contributed by atoms with van der Waals surface area (Å²) in [5.74, 6) is -2.20. The Morgan fingerprint density at radius 1 is 1.47 bits per heavy atom. The number of nitrogens with one attached hydrogen (secondary N) is 1. The van der Waals surface area contributed by atoms with Crippen LogP contribution in [0.15, 0.2) is 18.2 Å². The fourth-order valence-electron chi connectivity index (χ4n) is 1.49. The molecule has 0 aliphatic rings. The number of carbonyl (C=O) groups excluding carboxylic acids is 1. The van der Waals surface area contributed by atoms with Crippen LogP contribution in [0.2, 0.25) is 0 Å². The van der Waals surface area contributed by atoms with Crippen LogP contribution < -0.4 is 11.1 Å². The van der Waals surface area contributed by atoms with Gasteiger partial charge in [-0.2, -0.15) is 0 Å². The third kappa shape index (κ3) is 4.67. The summed E-state index contributed by atoms with van der Waals surface area (Å²) < 4.78 is 13.2. The smallest absolute Gasteiger partial charge is 0.338 e. The second kappa shape index (κ2) is 6.84. The van der Waals surface area contributed by atoms with Crippen LogP contribution in [0.1, 0.15) is 30.1 Å². The second-order valence-corrected chi connectivity index (χ2v) is 4.43. The van der Waals surface area contributed by atoms with Crippen molar-refractivity contribution >= 4 is 17.6 Å². The van der Waals surface area contributed by atoms with Crippen LogP contribution in [-0.4, -0.2) is 23.5 Å². The third-order valence-corrected chi connectivity index (χ3v) is 2.75. The van der Waals surface area contributed by atoms with Gasteiger partial charge in [0.05, 0.1) is 5.56 Å². The summed E-state index contributed by atoms with van der Waals surface area (Å²) in [6, 6.07) is 3.44. The van der Waals surface area contributed by atoms with Crippen molar-refractivity contribution in [1.29, 1.82) is 0 Å². The fourth-order valence-corrected chi connectivity index (χ4v) is 1.49. The number of hydrogen-bond acceptors (Lipinski definition) is 3. The summed E-state index contributed by atoms with van der Waals surface area (Å²) in [7, 11) is 0. The lowest BCUT2D eigenvalue weighted by Crippen LogP contribution is -2.16. The Labute approximate surface area is 110 Å². The monoisotopic (exact) mass is 268 g/mol. The number of carbonyl (C=O) groups is 2. The van der Waals surface area contributed by atoms with E-state index in [1.807, 2.05) is 6.92 Å². The van der Waals surface area contributed by atoms with Crippen molar-refractivity contribution in [2.75, 3.05) is 11.9 Å². The molecule has 1 unspecified atom stereocenters. The SMILES string of the molecule is CC(CN)CCC(=O)Nc1ccc(F)c(C(=O)O)c1. The van der Waals surface area contributed by atoms with E-state index < -0.39 is 17.3 Å². The lowest BCUT2D eigenvalue weighted by atomic mass is 10.1. The lowest BCUT2D eigenvalue weighted by molar-refractivity contribution is -0.116. The van der Waals surface area contributed by atoms with Crippen LogP contribution in [0.5, 0.6) is 0 Å². The number of rotatable bonds is 6. The number of anilines is 1. The molecular formula is C13H17FN2O3. The molecule has 0 radical (unpaired) electrons. The van der Waals surface area contributed by atoms with Gasteiger partial charge in [0, 0.05) is 12.1 Å². The van der Waals surface area contributed by atoms with Gasteiger partial charge in [0.1, 0.15) is 5.82 Å². The predicted molar refractivity (Wildman–Crippen MR) is 69.4 cm³/mol. The molecule has 1 rings (SSSR count). The minimum absolute atomic E-state index is 0.244. The molecule has 19 heavy (non-hydrogen) atoms. The van der Waals surface area contributed by atoms with Gasteiger partial charge in [0.15, 0.2) is 0 Å². The van der Waals surface area contributed by atoms with Crippen LogP contribution >= 0.6 is 0 Å². The summed E-state index contributed by atoms with van der Waals surface area (Å²) in [6.45, 7) is 2.45. The number of hydrogen-bond donors (Lipinski definition) is 3. The third-order valence-electron chi connectivity index (χ3n) is 2.75. The second-order valence-electron chi connectivity index (χ2n) is 4.43. The van der Waals surface area contributed by atoms with Gasteiger partial charge in [-0.25, -0.2) is 9.18 Å². The number of carboxylic acid groups (broad SMARTS) is 1. The van der Waals surface area contributed by atoms with Gasteiger partial charge in [-0.1, -0.05) is 6.92 Å². The van der Waals surface area contributed by atoms with Crippen LogP contribution in [0.25, 0.3) is 0 Å². The van der Waals surface area contributed by atoms with Crippen molar-refractivity contribution < 1.29 is 19.1 Å². The highest BCUT2D eigenvalue weighted by Crippen LogP contribution is 2.15. The Hall–Kier alpha value is -1.95. The predicted octanol–water partition coefficient (Wildman–Crippen LogP) is 1.84. The highest BCUT2D eigenvalue weighted by molar-refractivity contribution is 5.94. The molecule has 0 aromatic heterocycles. The quantitative estimate of drug-likeness (QED) is 0.734. The number of carboxylic acids is 1. The fraction of sp³-hybridized carbons (Fsp3) is 0.385. The first-order chi connectivity index (χ1) is 8.93. The first kappa shape index (κ1) is 15.1. The van der Waals surface area contributed by atoms with E-state index in [0.717, 1.165) is 12.1 Å². The maximum Gasteiger partial charge on any atom is 0.338 e. The summed E-state index contributed by atoms with van der Waals surface area (Å²) in [4.78, 5) is 22.4. The molecule has 0 heterocycles. The zero-order chi connectivity index (χ0) is 14.4. The number of amides is 1. The van der Waals surface area contributed by atoms with Gasteiger partial charge >= 0.3 is 5.97 Å². The molecule has 6 heteroatoms. The zero-order valence-electron chi connectivity index (χ0n) is 10.6. The Morgan fingerprint density at radius 3 is 2.74 bits per heavy atom. The molecule has 0 saturated carbocycles. The van der Waals surface area contributed by atoms with Gasteiger partial charge < -0.3 is 16.2 Å². The summed E-state index contributed by atoms with van der Waals surface area (Å²) in [5, 5.41) is 11.3. The number of nitrogens with two attached hydrogens (primary N) is 1. The molecule has 1 aromatic rings. The van der Waals surface area contributed by atoms with E-state index in [1.165, 1.54) is 6.07 Å². The van der Waals surface area contributed by atoms with E-state index in [1.54, 1.807) is 0 Å². The molecule has 104 valence electrons. The maximum absolute atomic E-state index is 13.2. The minimum atomic E-state index is -1.37. The average molecular weight is 268 g/mol. The summed E-state index contributed by atoms with van der Waals surface area (Å²) in [6.07, 6.45) is 0.938. The summed E-state index contributed by atoms with van der Waals surface area (Å²) in [5.41, 5.74) is 5.25. The first-order valence-electron chi connectivity index (χ1n) is 5.96. The normalized spacial score (nSPS) is 11.9. The van der Waals surface area contributed by atoms with E-state index in [9.17, 15) is 14.0 Å². The molecule has 1 atom stereocenters. The molecule has 0 bridgehead atoms. The van der Waals surface area contributed by atoms with Gasteiger partial charge in [-0.3, -0.25) is 4.79 Å². The molecule has 1 aromatic carbocycles. The van der Waals surface area contributed by atoms with E-state index in [0.29, 0.717) is 13.0 Å². The van der Waals surface area contributed by atoms with E-state index in [-0.39, 0.29) is 23.9 Å². The van der Waals surface area contributed by atoms with Crippen molar-refractivity contribution in [2.24, 2.45) is 11.7 Å². The minimum Gasteiger partial charge on any atom is -0.478 e. The van der Waals surface area contributed by atoms with Crippen LogP contribution in [-0.2, 0) is 4.79 Å². The van der Waals surface area contributed by atoms with Crippen molar-refractivity contribution in [1.82, 2.24) is 0 Å². The van der Waals surface area contributed by atoms with E-state index >= 15 is 0 Å². The average Bonchev–Trinajstić information content (AvgIpc) is 2.37. The zero-order valence-corrected chi connectivity index (χ0v) is 10.6. The van der Waals surface area contributed by atoms with Crippen LogP contribution in [0, 0.1) is 11.7 Å². The largest absolute Gasteiger partial charge is 0.478 e. The lowest BCUT2D eigenvalue weighted by Gasteiger charge is -2.09. The Bertz CT molecular complexity index is 477. The number of halogens is 1. The van der Waals surface area contributed by atoms with Crippen LogP contribution in [0.3, 0.4) is 0 Å². The Kier molecular flexibility index (Phi) is 5.44. The number of aromatic carboxylic acids is 1. The molecule has 4 N–H and O–H groups in total. The highest BCUT2D eigenvalue weighted by atomic mass is 19.1. The van der Waals surface area contributed by atoms with Crippen molar-refractivity contribution in [3.63, 3.8) is 0 Å². The maximum atomic E-state index is 13.2. The summed E-state index contributed by atoms with van der Waals surface area (Å²) >= 11 is 0. The molecule has 0 fully saturated rings. The highest BCUT2D eigenvalue weighted by Gasteiger charge is 2.12. The molecule has 0 aliphatic heterocycles. The molecule has 0 spiro atoms. The Balaban J connectivity index is 2.64. The van der Waals surface area contributed by atoms with Crippen molar-refractivity contribution in [3.8, 4) is 0 Å². The van der Waals surface area contributed by atoms with Gasteiger partial charge in [-0.05, 0) is 37.1 Å². The van der Waals surface area contributed by atoms with Gasteiger partial charge in [0.2, 0.25) is 5.91 Å².